The summed E-state index contributed by atoms with van der Waals surface area (Å²) in [4.78, 5) is 9.69. The lowest BCUT2D eigenvalue weighted by Crippen LogP contribution is -2.08. The first-order chi connectivity index (χ1) is 12.7. The number of methoxy groups -OCH3 is 2. The van der Waals surface area contributed by atoms with Gasteiger partial charge in [-0.25, -0.2) is 9.97 Å². The van der Waals surface area contributed by atoms with E-state index in [9.17, 15) is 0 Å². The number of aromatic nitrogens is 2. The lowest BCUT2D eigenvalue weighted by atomic mass is 10.0. The molecule has 1 aromatic carbocycles. The van der Waals surface area contributed by atoms with Gasteiger partial charge in [0, 0.05) is 0 Å². The molecule has 0 radical (unpaired) electrons. The zero-order valence-corrected chi connectivity index (χ0v) is 16.6. The van der Waals surface area contributed by atoms with Crippen LogP contribution in [0.1, 0.15) is 51.4 Å². The summed E-state index contributed by atoms with van der Waals surface area (Å²) in [6.45, 7) is 7.00. The maximum atomic E-state index is 5.94. The Morgan fingerprint density at radius 1 is 0.846 bits per heavy atom. The highest BCUT2D eigenvalue weighted by molar-refractivity contribution is 5.76. The van der Waals surface area contributed by atoms with Crippen molar-refractivity contribution in [2.45, 2.75) is 52.9 Å². The fourth-order valence-corrected chi connectivity index (χ4v) is 2.89. The standard InChI is InChI=1S/C21H30N2O3/c1-6-9-10-14-26-21-16(8-3)22-20(15(7-2)23-21)19-17(24-4)12-11-13-18(19)25-5/h11-13H,6-10,14H2,1-5H3. The Labute approximate surface area is 156 Å². The van der Waals surface area contributed by atoms with Gasteiger partial charge >= 0.3 is 0 Å². The molecule has 0 atom stereocenters. The Morgan fingerprint density at radius 2 is 1.50 bits per heavy atom. The zero-order chi connectivity index (χ0) is 18.9. The van der Waals surface area contributed by atoms with Crippen LogP contribution in [0.3, 0.4) is 0 Å². The fourth-order valence-electron chi connectivity index (χ4n) is 2.89. The van der Waals surface area contributed by atoms with E-state index in [4.69, 9.17) is 24.2 Å². The van der Waals surface area contributed by atoms with Gasteiger partial charge in [0.25, 0.3) is 0 Å². The number of hydrogen-bond acceptors (Lipinski definition) is 5. The number of nitrogens with zero attached hydrogens (tertiary/aromatic N) is 2. The van der Waals surface area contributed by atoms with Crippen LogP contribution in [-0.4, -0.2) is 30.8 Å². The summed E-state index contributed by atoms with van der Waals surface area (Å²) in [7, 11) is 3.31. The van der Waals surface area contributed by atoms with Gasteiger partial charge in [0.1, 0.15) is 17.2 Å². The highest BCUT2D eigenvalue weighted by atomic mass is 16.5. The Hall–Kier alpha value is -2.30. The van der Waals surface area contributed by atoms with Crippen molar-refractivity contribution in [3.63, 3.8) is 0 Å². The Bertz CT molecular complexity index is 694. The summed E-state index contributed by atoms with van der Waals surface area (Å²) >= 11 is 0. The van der Waals surface area contributed by atoms with Crippen molar-refractivity contribution in [2.24, 2.45) is 0 Å². The van der Waals surface area contributed by atoms with Crippen molar-refractivity contribution in [1.29, 1.82) is 0 Å². The van der Waals surface area contributed by atoms with E-state index in [1.54, 1.807) is 14.2 Å². The number of unbranched alkanes of at least 4 members (excludes halogenated alkanes) is 2. The monoisotopic (exact) mass is 358 g/mol. The minimum Gasteiger partial charge on any atom is -0.496 e. The van der Waals surface area contributed by atoms with Gasteiger partial charge < -0.3 is 14.2 Å². The topological polar surface area (TPSA) is 53.5 Å². The third kappa shape index (κ3) is 4.45. The molecule has 1 heterocycles. The molecule has 1 aromatic heterocycles. The Morgan fingerprint density at radius 3 is 2.04 bits per heavy atom. The molecule has 0 aliphatic heterocycles. The largest absolute Gasteiger partial charge is 0.496 e. The molecule has 2 aromatic rings. The van der Waals surface area contributed by atoms with Gasteiger partial charge in [0.15, 0.2) is 0 Å². The van der Waals surface area contributed by atoms with E-state index in [0.717, 1.165) is 59.8 Å². The van der Waals surface area contributed by atoms with Gasteiger partial charge in [0.05, 0.1) is 37.8 Å². The van der Waals surface area contributed by atoms with Crippen molar-refractivity contribution in [2.75, 3.05) is 20.8 Å². The molecule has 0 unspecified atom stereocenters. The molecule has 5 heteroatoms. The zero-order valence-electron chi connectivity index (χ0n) is 16.6. The van der Waals surface area contributed by atoms with Crippen LogP contribution in [0.25, 0.3) is 11.3 Å². The highest BCUT2D eigenvalue weighted by Gasteiger charge is 2.20. The van der Waals surface area contributed by atoms with Crippen molar-refractivity contribution < 1.29 is 14.2 Å². The first kappa shape index (κ1) is 20.0. The van der Waals surface area contributed by atoms with Crippen LogP contribution in [0.2, 0.25) is 0 Å². The first-order valence-corrected chi connectivity index (χ1v) is 9.43. The van der Waals surface area contributed by atoms with Crippen LogP contribution in [0, 0.1) is 0 Å². The molecule has 0 aliphatic rings. The SMILES string of the molecule is CCCCCOc1nc(CC)c(-c2c(OC)cccc2OC)nc1CC. The van der Waals surface area contributed by atoms with Crippen molar-refractivity contribution in [3.05, 3.63) is 29.6 Å². The molecule has 2 rings (SSSR count). The maximum Gasteiger partial charge on any atom is 0.235 e. The van der Waals surface area contributed by atoms with Gasteiger partial charge in [0.2, 0.25) is 5.88 Å². The second-order valence-corrected chi connectivity index (χ2v) is 6.07. The number of hydrogen-bond donors (Lipinski definition) is 0. The molecule has 0 bridgehead atoms. The third-order valence-electron chi connectivity index (χ3n) is 4.32. The summed E-state index contributed by atoms with van der Waals surface area (Å²) in [5, 5.41) is 0. The predicted octanol–water partition coefficient (Wildman–Crippen LogP) is 4.85. The summed E-state index contributed by atoms with van der Waals surface area (Å²) in [6.07, 6.45) is 4.86. The van der Waals surface area contributed by atoms with E-state index in [-0.39, 0.29) is 0 Å². The predicted molar refractivity (Wildman–Crippen MR) is 104 cm³/mol. The average molecular weight is 358 g/mol. The van der Waals surface area contributed by atoms with Crippen molar-refractivity contribution in [1.82, 2.24) is 9.97 Å². The van der Waals surface area contributed by atoms with E-state index in [0.29, 0.717) is 12.5 Å². The van der Waals surface area contributed by atoms with Crippen LogP contribution < -0.4 is 14.2 Å². The van der Waals surface area contributed by atoms with Gasteiger partial charge in [-0.3, -0.25) is 0 Å². The Kier molecular flexibility index (Phi) is 7.70. The normalized spacial score (nSPS) is 10.7. The Balaban J connectivity index is 2.50. The molecule has 142 valence electrons. The van der Waals surface area contributed by atoms with Gasteiger partial charge in [-0.1, -0.05) is 39.7 Å². The van der Waals surface area contributed by atoms with Gasteiger partial charge in [-0.2, -0.15) is 0 Å². The summed E-state index contributed by atoms with van der Waals surface area (Å²) in [5.74, 6) is 2.11. The molecule has 5 nitrogen and oxygen atoms in total. The lowest BCUT2D eigenvalue weighted by Gasteiger charge is -2.17. The van der Waals surface area contributed by atoms with Crippen molar-refractivity contribution >= 4 is 0 Å². The lowest BCUT2D eigenvalue weighted by molar-refractivity contribution is 0.289. The molecular weight excluding hydrogens is 328 g/mol. The van der Waals surface area contributed by atoms with E-state index in [2.05, 4.69) is 20.8 Å². The number of aryl methyl sites for hydroxylation is 2. The highest BCUT2D eigenvalue weighted by Crippen LogP contribution is 2.39. The second-order valence-electron chi connectivity index (χ2n) is 6.07. The summed E-state index contributed by atoms with van der Waals surface area (Å²) in [5.41, 5.74) is 3.39. The minimum atomic E-state index is 0.651. The molecule has 0 saturated heterocycles. The molecule has 26 heavy (non-hydrogen) atoms. The van der Waals surface area contributed by atoms with Crippen LogP contribution in [0.15, 0.2) is 18.2 Å². The van der Waals surface area contributed by atoms with E-state index in [1.165, 1.54) is 6.42 Å². The van der Waals surface area contributed by atoms with Gasteiger partial charge in [-0.15, -0.1) is 0 Å². The molecular formula is C21H30N2O3. The molecule has 0 amide bonds. The first-order valence-electron chi connectivity index (χ1n) is 9.43. The van der Waals surface area contributed by atoms with Gasteiger partial charge in [-0.05, 0) is 31.4 Å². The van der Waals surface area contributed by atoms with E-state index < -0.39 is 0 Å². The average Bonchev–Trinajstić information content (AvgIpc) is 2.69. The number of rotatable bonds is 10. The molecule has 0 saturated carbocycles. The number of benzene rings is 1. The minimum absolute atomic E-state index is 0.651. The van der Waals surface area contributed by atoms with Crippen molar-refractivity contribution in [3.8, 4) is 28.6 Å². The molecule has 0 aliphatic carbocycles. The molecule has 0 fully saturated rings. The fraction of sp³-hybridized carbons (Fsp3) is 0.524. The smallest absolute Gasteiger partial charge is 0.235 e. The number of ether oxygens (including phenoxy) is 3. The third-order valence-corrected chi connectivity index (χ3v) is 4.32. The summed E-state index contributed by atoms with van der Waals surface area (Å²) < 4.78 is 17.1. The quantitative estimate of drug-likeness (QED) is 0.568. The molecule has 0 N–H and O–H groups in total. The van der Waals surface area contributed by atoms with Crippen LogP contribution in [0.4, 0.5) is 0 Å². The molecule has 0 spiro atoms. The summed E-state index contributed by atoms with van der Waals surface area (Å²) in [6, 6.07) is 5.74. The second kappa shape index (κ2) is 10.00. The van der Waals surface area contributed by atoms with E-state index >= 15 is 0 Å². The van der Waals surface area contributed by atoms with Crippen LogP contribution in [0.5, 0.6) is 17.4 Å². The van der Waals surface area contributed by atoms with E-state index in [1.807, 2.05) is 18.2 Å². The maximum absolute atomic E-state index is 5.94. The van der Waals surface area contributed by atoms with Crippen LogP contribution in [-0.2, 0) is 12.8 Å². The van der Waals surface area contributed by atoms with Crippen LogP contribution >= 0.6 is 0 Å².